The summed E-state index contributed by atoms with van der Waals surface area (Å²) in [6, 6.07) is 5.44. The molecule has 1 aliphatic heterocycles. The van der Waals surface area contributed by atoms with Crippen LogP contribution in [-0.2, 0) is 0 Å². The van der Waals surface area contributed by atoms with Crippen LogP contribution in [0.5, 0.6) is 0 Å². The van der Waals surface area contributed by atoms with Gasteiger partial charge in [-0.15, -0.1) is 0 Å². The van der Waals surface area contributed by atoms with Gasteiger partial charge >= 0.3 is 5.63 Å². The predicted molar refractivity (Wildman–Crippen MR) is 91.3 cm³/mol. The van der Waals surface area contributed by atoms with E-state index in [2.05, 4.69) is 5.32 Å². The number of hydrogen-bond acceptors (Lipinski definition) is 3. The van der Waals surface area contributed by atoms with E-state index in [1.54, 1.807) is 6.07 Å². The Morgan fingerprint density at radius 3 is 2.62 bits per heavy atom. The van der Waals surface area contributed by atoms with E-state index in [4.69, 9.17) is 4.42 Å². The van der Waals surface area contributed by atoms with Gasteiger partial charge in [0.05, 0.1) is 10.9 Å². The molecule has 1 aliphatic rings. The molecule has 2 heterocycles. The van der Waals surface area contributed by atoms with E-state index in [1.807, 2.05) is 32.9 Å². The minimum Gasteiger partial charge on any atom is -0.419 e. The standard InChI is InChI=1S/C19H15F2NO2/c1-9-8-19(2,3)22-14-5-4-11-12-6-10(20)7-13(21)17(12)24-18(23)16(11)15(9)14/h4-8,22H,1-3H3. The van der Waals surface area contributed by atoms with Crippen molar-refractivity contribution >= 4 is 33.0 Å². The lowest BCUT2D eigenvalue weighted by Gasteiger charge is -2.31. The molecule has 122 valence electrons. The first kappa shape index (κ1) is 14.9. The Bertz CT molecular complexity index is 1110. The first-order valence-electron chi connectivity index (χ1n) is 7.63. The predicted octanol–water partition coefficient (Wildman–Crippen LogP) is 4.83. The zero-order valence-corrected chi connectivity index (χ0v) is 13.5. The quantitative estimate of drug-likeness (QED) is 0.475. The maximum Gasteiger partial charge on any atom is 0.344 e. The molecular weight excluding hydrogens is 312 g/mol. The maximum atomic E-state index is 14.0. The molecule has 0 unspecified atom stereocenters. The van der Waals surface area contributed by atoms with E-state index in [9.17, 15) is 13.6 Å². The molecule has 5 heteroatoms. The van der Waals surface area contributed by atoms with Crippen molar-refractivity contribution in [2.75, 3.05) is 5.32 Å². The Labute approximate surface area is 136 Å². The van der Waals surface area contributed by atoms with Crippen LogP contribution < -0.4 is 10.9 Å². The summed E-state index contributed by atoms with van der Waals surface area (Å²) >= 11 is 0. The number of anilines is 1. The summed E-state index contributed by atoms with van der Waals surface area (Å²) in [5, 5.41) is 4.42. The topological polar surface area (TPSA) is 42.2 Å². The van der Waals surface area contributed by atoms with Crippen molar-refractivity contribution in [3.63, 3.8) is 0 Å². The first-order chi connectivity index (χ1) is 11.3. The molecule has 0 amide bonds. The zero-order chi connectivity index (χ0) is 17.2. The molecule has 0 spiro atoms. The molecule has 0 radical (unpaired) electrons. The van der Waals surface area contributed by atoms with Gasteiger partial charge in [0.2, 0.25) is 0 Å². The summed E-state index contributed by atoms with van der Waals surface area (Å²) < 4.78 is 32.8. The third kappa shape index (κ3) is 2.04. The van der Waals surface area contributed by atoms with Gasteiger partial charge in [0, 0.05) is 28.1 Å². The van der Waals surface area contributed by atoms with Gasteiger partial charge in [-0.3, -0.25) is 0 Å². The Morgan fingerprint density at radius 1 is 1.12 bits per heavy atom. The minimum atomic E-state index is -0.881. The number of allylic oxidation sites excluding steroid dienone is 1. The molecule has 2 aromatic carbocycles. The normalized spacial score (nSPS) is 16.0. The molecule has 3 nitrogen and oxygen atoms in total. The van der Waals surface area contributed by atoms with Crippen molar-refractivity contribution in [1.29, 1.82) is 0 Å². The van der Waals surface area contributed by atoms with Gasteiger partial charge in [-0.1, -0.05) is 12.1 Å². The maximum absolute atomic E-state index is 14.0. The fraction of sp³-hybridized carbons (Fsp3) is 0.211. The third-order valence-electron chi connectivity index (χ3n) is 4.33. The van der Waals surface area contributed by atoms with E-state index < -0.39 is 17.3 Å². The van der Waals surface area contributed by atoms with E-state index >= 15 is 0 Å². The Hall–Kier alpha value is -2.69. The minimum absolute atomic E-state index is 0.223. The number of fused-ring (bicyclic) bond motifs is 5. The second-order valence-electron chi connectivity index (χ2n) is 6.74. The van der Waals surface area contributed by atoms with Crippen LogP contribution >= 0.6 is 0 Å². The van der Waals surface area contributed by atoms with Gasteiger partial charge in [0.25, 0.3) is 0 Å². The number of rotatable bonds is 0. The van der Waals surface area contributed by atoms with E-state index in [0.717, 1.165) is 11.3 Å². The van der Waals surface area contributed by atoms with Crippen LogP contribution in [-0.4, -0.2) is 5.54 Å². The smallest absolute Gasteiger partial charge is 0.344 e. The van der Waals surface area contributed by atoms with Gasteiger partial charge in [-0.05, 0) is 38.5 Å². The lowest BCUT2D eigenvalue weighted by Crippen LogP contribution is -2.31. The lowest BCUT2D eigenvalue weighted by molar-refractivity contribution is 0.521. The Balaban J connectivity index is 2.21. The summed E-state index contributed by atoms with van der Waals surface area (Å²) in [4.78, 5) is 12.5. The summed E-state index contributed by atoms with van der Waals surface area (Å²) in [5.74, 6) is -1.59. The van der Waals surface area contributed by atoms with Gasteiger partial charge in [-0.25, -0.2) is 13.6 Å². The highest BCUT2D eigenvalue weighted by atomic mass is 19.1. The van der Waals surface area contributed by atoms with Gasteiger partial charge < -0.3 is 9.73 Å². The van der Waals surface area contributed by atoms with Crippen molar-refractivity contribution in [2.45, 2.75) is 26.3 Å². The van der Waals surface area contributed by atoms with Crippen molar-refractivity contribution in [2.24, 2.45) is 0 Å². The molecular formula is C19H15F2NO2. The second-order valence-corrected chi connectivity index (χ2v) is 6.74. The monoisotopic (exact) mass is 327 g/mol. The molecule has 3 aromatic rings. The van der Waals surface area contributed by atoms with Crippen LogP contribution in [0.2, 0.25) is 0 Å². The van der Waals surface area contributed by atoms with Crippen LogP contribution in [0.3, 0.4) is 0 Å². The van der Waals surface area contributed by atoms with E-state index in [1.165, 1.54) is 6.07 Å². The van der Waals surface area contributed by atoms with Crippen molar-refractivity contribution in [3.8, 4) is 0 Å². The summed E-state index contributed by atoms with van der Waals surface area (Å²) in [7, 11) is 0. The molecule has 0 saturated carbocycles. The van der Waals surface area contributed by atoms with Gasteiger partial charge in [0.1, 0.15) is 5.82 Å². The number of halogens is 2. The zero-order valence-electron chi connectivity index (χ0n) is 13.5. The third-order valence-corrected chi connectivity index (χ3v) is 4.33. The van der Waals surface area contributed by atoms with Crippen LogP contribution in [0.1, 0.15) is 26.3 Å². The Morgan fingerprint density at radius 2 is 1.88 bits per heavy atom. The molecule has 0 atom stereocenters. The van der Waals surface area contributed by atoms with Crippen LogP contribution in [0.25, 0.3) is 27.3 Å². The summed E-state index contributed by atoms with van der Waals surface area (Å²) in [5.41, 5.74) is 1.33. The van der Waals surface area contributed by atoms with Crippen molar-refractivity contribution in [3.05, 3.63) is 58.0 Å². The number of nitrogens with one attached hydrogen (secondary N) is 1. The van der Waals surface area contributed by atoms with Gasteiger partial charge in [-0.2, -0.15) is 0 Å². The second kappa shape index (κ2) is 4.66. The highest BCUT2D eigenvalue weighted by Crippen LogP contribution is 2.39. The van der Waals surface area contributed by atoms with Crippen molar-refractivity contribution < 1.29 is 13.2 Å². The molecule has 0 fully saturated rings. The first-order valence-corrected chi connectivity index (χ1v) is 7.63. The van der Waals surface area contributed by atoms with Crippen molar-refractivity contribution in [1.82, 2.24) is 0 Å². The average Bonchev–Trinajstić information content (AvgIpc) is 2.46. The molecule has 0 saturated heterocycles. The molecule has 0 aliphatic carbocycles. The molecule has 0 bridgehead atoms. The summed E-state index contributed by atoms with van der Waals surface area (Å²) in [6.07, 6.45) is 2.02. The van der Waals surface area contributed by atoms with E-state index in [-0.39, 0.29) is 16.5 Å². The largest absolute Gasteiger partial charge is 0.419 e. The molecule has 1 N–H and O–H groups in total. The summed E-state index contributed by atoms with van der Waals surface area (Å²) in [6.45, 7) is 5.96. The average molecular weight is 327 g/mol. The number of hydrogen-bond donors (Lipinski definition) is 1. The SMILES string of the molecule is CC1=CC(C)(C)Nc2ccc3c(c21)c(=O)oc1c(F)cc(F)cc13. The highest BCUT2D eigenvalue weighted by molar-refractivity contribution is 6.10. The molecule has 1 aromatic heterocycles. The lowest BCUT2D eigenvalue weighted by atomic mass is 9.88. The van der Waals surface area contributed by atoms with Crippen LogP contribution in [0, 0.1) is 11.6 Å². The number of benzene rings is 2. The fourth-order valence-electron chi connectivity index (χ4n) is 3.56. The van der Waals surface area contributed by atoms with Gasteiger partial charge in [0.15, 0.2) is 11.4 Å². The van der Waals surface area contributed by atoms with Crippen LogP contribution in [0.15, 0.2) is 39.6 Å². The highest BCUT2D eigenvalue weighted by Gasteiger charge is 2.26. The van der Waals surface area contributed by atoms with Crippen LogP contribution in [0.4, 0.5) is 14.5 Å². The fourth-order valence-corrected chi connectivity index (χ4v) is 3.56. The molecule has 24 heavy (non-hydrogen) atoms. The molecule has 4 rings (SSSR count). The Kier molecular flexibility index (Phi) is 2.89. The van der Waals surface area contributed by atoms with E-state index in [0.29, 0.717) is 22.4 Å².